The SMILES string of the molecule is CCC(=O)N1CCc2ccc(OCC(=O)NCCOC)cc2C1c1ccccc1. The molecule has 6 heteroatoms. The van der Waals surface area contributed by atoms with Crippen molar-refractivity contribution in [3.05, 3.63) is 65.2 Å². The smallest absolute Gasteiger partial charge is 0.258 e. The first-order valence-corrected chi connectivity index (χ1v) is 9.99. The highest BCUT2D eigenvalue weighted by atomic mass is 16.5. The molecular formula is C23H28N2O4. The summed E-state index contributed by atoms with van der Waals surface area (Å²) in [5.41, 5.74) is 3.34. The first kappa shape index (κ1) is 20.9. The maximum absolute atomic E-state index is 12.6. The van der Waals surface area contributed by atoms with Crippen molar-refractivity contribution in [3.8, 4) is 5.75 Å². The highest BCUT2D eigenvalue weighted by molar-refractivity contribution is 5.78. The molecule has 6 nitrogen and oxygen atoms in total. The van der Waals surface area contributed by atoms with Crippen LogP contribution >= 0.6 is 0 Å². The fraction of sp³-hybridized carbons (Fsp3) is 0.391. The molecule has 0 bridgehead atoms. The Labute approximate surface area is 171 Å². The molecule has 3 rings (SSSR count). The molecule has 154 valence electrons. The van der Waals surface area contributed by atoms with E-state index in [-0.39, 0.29) is 24.5 Å². The van der Waals surface area contributed by atoms with E-state index in [2.05, 4.69) is 5.32 Å². The van der Waals surface area contributed by atoms with Gasteiger partial charge in [0.1, 0.15) is 5.75 Å². The van der Waals surface area contributed by atoms with Crippen LogP contribution < -0.4 is 10.1 Å². The molecule has 0 saturated heterocycles. The van der Waals surface area contributed by atoms with Gasteiger partial charge in [-0.05, 0) is 35.2 Å². The van der Waals surface area contributed by atoms with Crippen molar-refractivity contribution in [3.63, 3.8) is 0 Å². The second kappa shape index (κ2) is 10.1. The average Bonchev–Trinajstić information content (AvgIpc) is 2.77. The molecule has 0 aliphatic carbocycles. The summed E-state index contributed by atoms with van der Waals surface area (Å²) in [5, 5.41) is 2.74. The van der Waals surface area contributed by atoms with Crippen molar-refractivity contribution >= 4 is 11.8 Å². The summed E-state index contributed by atoms with van der Waals surface area (Å²) in [6.45, 7) is 3.44. The van der Waals surface area contributed by atoms with Crippen molar-refractivity contribution in [2.75, 3.05) is 33.4 Å². The van der Waals surface area contributed by atoms with Gasteiger partial charge in [-0.3, -0.25) is 9.59 Å². The molecule has 29 heavy (non-hydrogen) atoms. The van der Waals surface area contributed by atoms with Gasteiger partial charge in [-0.25, -0.2) is 0 Å². The molecule has 1 aliphatic heterocycles. The molecule has 0 saturated carbocycles. The van der Waals surface area contributed by atoms with Gasteiger partial charge in [0.15, 0.2) is 6.61 Å². The lowest BCUT2D eigenvalue weighted by Gasteiger charge is -2.38. The highest BCUT2D eigenvalue weighted by Crippen LogP contribution is 2.37. The minimum Gasteiger partial charge on any atom is -0.484 e. The normalized spacial score (nSPS) is 15.5. The van der Waals surface area contributed by atoms with E-state index in [0.29, 0.717) is 31.9 Å². The van der Waals surface area contributed by atoms with Crippen molar-refractivity contribution in [2.24, 2.45) is 0 Å². The molecule has 0 radical (unpaired) electrons. The third kappa shape index (κ3) is 5.15. The van der Waals surface area contributed by atoms with Crippen LogP contribution in [0.3, 0.4) is 0 Å². The zero-order valence-corrected chi connectivity index (χ0v) is 17.0. The Bertz CT molecular complexity index is 838. The molecule has 0 aromatic heterocycles. The lowest BCUT2D eigenvalue weighted by atomic mass is 9.87. The maximum atomic E-state index is 12.6. The summed E-state index contributed by atoms with van der Waals surface area (Å²) >= 11 is 0. The summed E-state index contributed by atoms with van der Waals surface area (Å²) in [5.74, 6) is 0.563. The van der Waals surface area contributed by atoms with E-state index in [4.69, 9.17) is 9.47 Å². The molecule has 2 aromatic rings. The van der Waals surface area contributed by atoms with E-state index in [9.17, 15) is 9.59 Å². The number of benzene rings is 2. The largest absolute Gasteiger partial charge is 0.484 e. The van der Waals surface area contributed by atoms with E-state index in [1.807, 2.05) is 60.4 Å². The minimum absolute atomic E-state index is 0.0594. The molecule has 2 aromatic carbocycles. The summed E-state index contributed by atoms with van der Waals surface area (Å²) in [6, 6.07) is 15.8. The number of nitrogens with one attached hydrogen (secondary N) is 1. The van der Waals surface area contributed by atoms with Gasteiger partial charge in [0.25, 0.3) is 5.91 Å². The van der Waals surface area contributed by atoms with Crippen molar-refractivity contribution in [2.45, 2.75) is 25.8 Å². The Hall–Kier alpha value is -2.86. The van der Waals surface area contributed by atoms with Gasteiger partial charge in [0.05, 0.1) is 12.6 Å². The average molecular weight is 396 g/mol. The maximum Gasteiger partial charge on any atom is 0.258 e. The molecule has 1 heterocycles. The minimum atomic E-state index is -0.192. The lowest BCUT2D eigenvalue weighted by Crippen LogP contribution is -2.40. The first-order chi connectivity index (χ1) is 14.1. The Kier molecular flexibility index (Phi) is 7.25. The fourth-order valence-electron chi connectivity index (χ4n) is 3.64. The van der Waals surface area contributed by atoms with Gasteiger partial charge < -0.3 is 19.7 Å². The number of ether oxygens (including phenoxy) is 2. The van der Waals surface area contributed by atoms with Gasteiger partial charge in [0, 0.05) is 26.6 Å². The van der Waals surface area contributed by atoms with Crippen LogP contribution in [0.25, 0.3) is 0 Å². The van der Waals surface area contributed by atoms with Crippen LogP contribution in [0.15, 0.2) is 48.5 Å². The van der Waals surface area contributed by atoms with Crippen molar-refractivity contribution < 1.29 is 19.1 Å². The zero-order chi connectivity index (χ0) is 20.6. The van der Waals surface area contributed by atoms with Gasteiger partial charge in [0.2, 0.25) is 5.91 Å². The van der Waals surface area contributed by atoms with Crippen LogP contribution in [-0.4, -0.2) is 50.1 Å². The number of fused-ring (bicyclic) bond motifs is 1. The van der Waals surface area contributed by atoms with Gasteiger partial charge in [-0.1, -0.05) is 43.3 Å². The Morgan fingerprint density at radius 2 is 1.97 bits per heavy atom. The Morgan fingerprint density at radius 1 is 1.17 bits per heavy atom. The monoisotopic (exact) mass is 396 g/mol. The number of hydrogen-bond donors (Lipinski definition) is 1. The van der Waals surface area contributed by atoms with Crippen molar-refractivity contribution in [1.29, 1.82) is 0 Å². The number of carbonyl (C=O) groups excluding carboxylic acids is 2. The van der Waals surface area contributed by atoms with E-state index >= 15 is 0 Å². The number of carbonyl (C=O) groups is 2. The predicted octanol–water partition coefficient (Wildman–Crippen LogP) is 2.71. The Balaban J connectivity index is 1.82. The molecular weight excluding hydrogens is 368 g/mol. The molecule has 1 N–H and O–H groups in total. The molecule has 0 spiro atoms. The van der Waals surface area contributed by atoms with Gasteiger partial charge in [-0.2, -0.15) is 0 Å². The molecule has 2 amide bonds. The standard InChI is InChI=1S/C23H28N2O4/c1-3-22(27)25-13-11-17-9-10-19(29-16-21(26)24-12-14-28-2)15-20(17)23(25)18-7-5-4-6-8-18/h4-10,15,23H,3,11-14,16H2,1-2H3,(H,24,26). The molecule has 0 fully saturated rings. The summed E-state index contributed by atoms with van der Waals surface area (Å²) < 4.78 is 10.6. The number of rotatable bonds is 8. The van der Waals surface area contributed by atoms with Gasteiger partial charge in [-0.15, -0.1) is 0 Å². The van der Waals surface area contributed by atoms with Crippen LogP contribution in [0.5, 0.6) is 5.75 Å². The van der Waals surface area contributed by atoms with Crippen LogP contribution in [0.1, 0.15) is 36.1 Å². The quantitative estimate of drug-likeness (QED) is 0.697. The summed E-state index contributed by atoms with van der Waals surface area (Å²) in [4.78, 5) is 26.5. The lowest BCUT2D eigenvalue weighted by molar-refractivity contribution is -0.133. The van der Waals surface area contributed by atoms with Crippen LogP contribution in [0.4, 0.5) is 0 Å². The third-order valence-electron chi connectivity index (χ3n) is 5.08. The number of hydrogen-bond acceptors (Lipinski definition) is 4. The predicted molar refractivity (Wildman–Crippen MR) is 111 cm³/mol. The van der Waals surface area contributed by atoms with Crippen LogP contribution in [0, 0.1) is 0 Å². The highest BCUT2D eigenvalue weighted by Gasteiger charge is 2.31. The molecule has 1 unspecified atom stereocenters. The summed E-state index contributed by atoms with van der Waals surface area (Å²) in [6.07, 6.45) is 1.28. The van der Waals surface area contributed by atoms with Crippen molar-refractivity contribution in [1.82, 2.24) is 10.2 Å². The Morgan fingerprint density at radius 3 is 2.69 bits per heavy atom. The number of nitrogens with zero attached hydrogens (tertiary/aromatic N) is 1. The van der Waals surface area contributed by atoms with Crippen LogP contribution in [-0.2, 0) is 20.7 Å². The van der Waals surface area contributed by atoms with E-state index in [1.165, 1.54) is 5.56 Å². The van der Waals surface area contributed by atoms with Crippen LogP contribution in [0.2, 0.25) is 0 Å². The second-order valence-corrected chi connectivity index (χ2v) is 7.00. The number of amides is 2. The first-order valence-electron chi connectivity index (χ1n) is 9.99. The summed E-state index contributed by atoms with van der Waals surface area (Å²) in [7, 11) is 1.59. The molecule has 1 atom stereocenters. The van der Waals surface area contributed by atoms with E-state index < -0.39 is 0 Å². The third-order valence-corrected chi connectivity index (χ3v) is 5.08. The number of methoxy groups -OCH3 is 1. The fourth-order valence-corrected chi connectivity index (χ4v) is 3.64. The van der Waals surface area contributed by atoms with E-state index in [0.717, 1.165) is 17.5 Å². The molecule has 1 aliphatic rings. The second-order valence-electron chi connectivity index (χ2n) is 7.00. The zero-order valence-electron chi connectivity index (χ0n) is 17.0. The van der Waals surface area contributed by atoms with E-state index in [1.54, 1.807) is 7.11 Å². The topological polar surface area (TPSA) is 67.9 Å². The van der Waals surface area contributed by atoms with Gasteiger partial charge >= 0.3 is 0 Å².